The minimum Gasteiger partial charge on any atom is -0.481 e. The zero-order valence-corrected chi connectivity index (χ0v) is 13.2. The van der Waals surface area contributed by atoms with Crippen LogP contribution in [-0.2, 0) is 4.79 Å². The van der Waals surface area contributed by atoms with Crippen molar-refractivity contribution < 1.29 is 9.90 Å². The number of rotatable bonds is 14. The molecule has 0 heterocycles. The van der Waals surface area contributed by atoms with Crippen molar-refractivity contribution in [2.45, 2.75) is 84.0 Å². The number of allylic oxidation sites excluding steroid dienone is 4. The van der Waals surface area contributed by atoms with Gasteiger partial charge in [0, 0.05) is 6.42 Å². The predicted molar refractivity (Wildman–Crippen MR) is 87.0 cm³/mol. The van der Waals surface area contributed by atoms with E-state index >= 15 is 0 Å². The van der Waals surface area contributed by atoms with Crippen molar-refractivity contribution in [1.29, 1.82) is 0 Å². The van der Waals surface area contributed by atoms with Crippen LogP contribution in [0.2, 0.25) is 0 Å². The van der Waals surface area contributed by atoms with Crippen LogP contribution >= 0.6 is 0 Å². The lowest BCUT2D eigenvalue weighted by Gasteiger charge is -1.96. The van der Waals surface area contributed by atoms with E-state index < -0.39 is 5.97 Å². The van der Waals surface area contributed by atoms with Gasteiger partial charge >= 0.3 is 5.97 Å². The van der Waals surface area contributed by atoms with E-state index in [1.54, 1.807) is 0 Å². The van der Waals surface area contributed by atoms with Crippen LogP contribution in [-0.4, -0.2) is 11.1 Å². The fraction of sp³-hybridized carbons (Fsp3) is 0.722. The summed E-state index contributed by atoms with van der Waals surface area (Å²) in [7, 11) is 0. The third-order valence-corrected chi connectivity index (χ3v) is 3.34. The van der Waals surface area contributed by atoms with E-state index in [1.165, 1.54) is 38.5 Å². The Morgan fingerprint density at radius 3 is 1.90 bits per heavy atom. The molecule has 1 N–H and O–H groups in total. The van der Waals surface area contributed by atoms with Crippen molar-refractivity contribution in [2.24, 2.45) is 0 Å². The quantitative estimate of drug-likeness (QED) is 0.318. The molecule has 0 spiro atoms. The lowest BCUT2D eigenvalue weighted by atomic mass is 10.1. The summed E-state index contributed by atoms with van der Waals surface area (Å²) in [5.41, 5.74) is 0. The van der Waals surface area contributed by atoms with Crippen LogP contribution < -0.4 is 0 Å². The predicted octanol–water partition coefficient (Wildman–Crippen LogP) is 5.88. The number of carboxylic acid groups (broad SMARTS) is 1. The maximum atomic E-state index is 10.3. The van der Waals surface area contributed by atoms with Crippen LogP contribution in [0.4, 0.5) is 0 Å². The Balaban J connectivity index is 3.19. The molecule has 0 unspecified atom stereocenters. The Hall–Kier alpha value is -1.05. The zero-order chi connectivity index (χ0) is 14.9. The number of hydrogen-bond acceptors (Lipinski definition) is 1. The largest absolute Gasteiger partial charge is 0.481 e. The fourth-order valence-electron chi connectivity index (χ4n) is 2.09. The van der Waals surface area contributed by atoms with Crippen LogP contribution in [0.3, 0.4) is 0 Å². The van der Waals surface area contributed by atoms with Gasteiger partial charge in [0.15, 0.2) is 0 Å². The molecule has 20 heavy (non-hydrogen) atoms. The van der Waals surface area contributed by atoms with Gasteiger partial charge in [-0.3, -0.25) is 4.79 Å². The Morgan fingerprint density at radius 2 is 1.35 bits per heavy atom. The highest BCUT2D eigenvalue weighted by Gasteiger charge is 1.95. The molecule has 0 aromatic heterocycles. The molecule has 2 heteroatoms. The third-order valence-electron chi connectivity index (χ3n) is 3.34. The Labute approximate surface area is 125 Å². The van der Waals surface area contributed by atoms with Crippen LogP contribution in [0.25, 0.3) is 0 Å². The zero-order valence-electron chi connectivity index (χ0n) is 13.2. The molecule has 0 aliphatic heterocycles. The standard InChI is InChI=1S/C18H32O2/c1-2-3-4-5-6-7-8-9-10-11-12-13-14-15-16-17-18(19)20/h7-8,10-11H,2-6,9,12-17H2,1H3,(H,19,20)/b8-7+,11-10+. The smallest absolute Gasteiger partial charge is 0.303 e. The second-order valence-corrected chi connectivity index (χ2v) is 5.37. The van der Waals surface area contributed by atoms with Crippen molar-refractivity contribution in [3.8, 4) is 0 Å². The van der Waals surface area contributed by atoms with Gasteiger partial charge in [-0.2, -0.15) is 0 Å². The normalized spacial score (nSPS) is 11.7. The van der Waals surface area contributed by atoms with Gasteiger partial charge in [-0.05, 0) is 38.5 Å². The molecule has 0 aromatic rings. The van der Waals surface area contributed by atoms with Gasteiger partial charge in [-0.15, -0.1) is 0 Å². The minimum atomic E-state index is -0.675. The molecule has 0 aromatic carbocycles. The summed E-state index contributed by atoms with van der Waals surface area (Å²) in [6.07, 6.45) is 22.3. The first kappa shape index (κ1) is 18.9. The second kappa shape index (κ2) is 16.0. The monoisotopic (exact) mass is 280 g/mol. The molecule has 0 atom stereocenters. The number of carbonyl (C=O) groups is 1. The van der Waals surface area contributed by atoms with E-state index in [2.05, 4.69) is 31.2 Å². The summed E-state index contributed by atoms with van der Waals surface area (Å²) in [5.74, 6) is -0.675. The van der Waals surface area contributed by atoms with Gasteiger partial charge < -0.3 is 5.11 Å². The van der Waals surface area contributed by atoms with Gasteiger partial charge in [-0.25, -0.2) is 0 Å². The molecule has 0 fully saturated rings. The van der Waals surface area contributed by atoms with Crippen LogP contribution in [0.15, 0.2) is 24.3 Å². The Bertz CT molecular complexity index is 267. The van der Waals surface area contributed by atoms with Gasteiger partial charge in [0.25, 0.3) is 0 Å². The second-order valence-electron chi connectivity index (χ2n) is 5.37. The SMILES string of the molecule is CCCCCC/C=C/C/C=C/CCCCCCC(=O)O. The molecule has 0 rings (SSSR count). The lowest BCUT2D eigenvalue weighted by Crippen LogP contribution is -1.93. The Kier molecular flexibility index (Phi) is 15.2. The summed E-state index contributed by atoms with van der Waals surface area (Å²) < 4.78 is 0. The van der Waals surface area contributed by atoms with Crippen LogP contribution in [0.5, 0.6) is 0 Å². The summed E-state index contributed by atoms with van der Waals surface area (Å²) in [5, 5.41) is 8.50. The summed E-state index contributed by atoms with van der Waals surface area (Å²) >= 11 is 0. The maximum Gasteiger partial charge on any atom is 0.303 e. The maximum absolute atomic E-state index is 10.3. The summed E-state index contributed by atoms with van der Waals surface area (Å²) in [6.45, 7) is 2.24. The molecule has 0 saturated heterocycles. The summed E-state index contributed by atoms with van der Waals surface area (Å²) in [4.78, 5) is 10.3. The average Bonchev–Trinajstić information content (AvgIpc) is 2.43. The summed E-state index contributed by atoms with van der Waals surface area (Å²) in [6, 6.07) is 0. The van der Waals surface area contributed by atoms with Crippen molar-refractivity contribution in [3.05, 3.63) is 24.3 Å². The molecule has 2 nitrogen and oxygen atoms in total. The molecule has 0 aliphatic rings. The molecule has 0 saturated carbocycles. The first-order valence-corrected chi connectivity index (χ1v) is 8.29. The number of unbranched alkanes of at least 4 members (excludes halogenated alkanes) is 8. The van der Waals surface area contributed by atoms with Gasteiger partial charge in [0.2, 0.25) is 0 Å². The highest BCUT2D eigenvalue weighted by Crippen LogP contribution is 2.06. The van der Waals surface area contributed by atoms with Gasteiger partial charge in [-0.1, -0.05) is 63.3 Å². The lowest BCUT2D eigenvalue weighted by molar-refractivity contribution is -0.137. The molecule has 0 radical (unpaired) electrons. The van der Waals surface area contributed by atoms with Gasteiger partial charge in [0.1, 0.15) is 0 Å². The van der Waals surface area contributed by atoms with E-state index in [1.807, 2.05) is 0 Å². The number of carboxylic acids is 1. The van der Waals surface area contributed by atoms with Crippen molar-refractivity contribution >= 4 is 5.97 Å². The molecular weight excluding hydrogens is 248 g/mol. The van der Waals surface area contributed by atoms with Crippen LogP contribution in [0, 0.1) is 0 Å². The topological polar surface area (TPSA) is 37.3 Å². The number of aliphatic carboxylic acids is 1. The van der Waals surface area contributed by atoms with Crippen molar-refractivity contribution in [3.63, 3.8) is 0 Å². The van der Waals surface area contributed by atoms with Crippen molar-refractivity contribution in [1.82, 2.24) is 0 Å². The third kappa shape index (κ3) is 16.9. The molecular formula is C18H32O2. The van der Waals surface area contributed by atoms with Gasteiger partial charge in [0.05, 0.1) is 0 Å². The number of hydrogen-bond donors (Lipinski definition) is 1. The van der Waals surface area contributed by atoms with E-state index in [4.69, 9.17) is 5.11 Å². The van der Waals surface area contributed by atoms with E-state index in [0.717, 1.165) is 32.1 Å². The first-order valence-electron chi connectivity index (χ1n) is 8.29. The van der Waals surface area contributed by atoms with Crippen molar-refractivity contribution in [2.75, 3.05) is 0 Å². The molecule has 116 valence electrons. The molecule has 0 amide bonds. The van der Waals surface area contributed by atoms with E-state index in [0.29, 0.717) is 6.42 Å². The highest BCUT2D eigenvalue weighted by atomic mass is 16.4. The molecule has 0 bridgehead atoms. The average molecular weight is 280 g/mol. The van der Waals surface area contributed by atoms with Crippen LogP contribution in [0.1, 0.15) is 84.0 Å². The highest BCUT2D eigenvalue weighted by molar-refractivity contribution is 5.66. The fourth-order valence-corrected chi connectivity index (χ4v) is 2.09. The molecule has 0 aliphatic carbocycles. The Morgan fingerprint density at radius 1 is 0.800 bits per heavy atom. The van der Waals surface area contributed by atoms with E-state index in [9.17, 15) is 4.79 Å². The van der Waals surface area contributed by atoms with E-state index in [-0.39, 0.29) is 0 Å². The first-order chi connectivity index (χ1) is 9.77. The minimum absolute atomic E-state index is 0.318.